The van der Waals surface area contributed by atoms with Gasteiger partial charge in [-0.2, -0.15) is 0 Å². The predicted octanol–water partition coefficient (Wildman–Crippen LogP) is 3.77. The molecule has 126 valence electrons. The van der Waals surface area contributed by atoms with Crippen LogP contribution in [0.5, 0.6) is 0 Å². The van der Waals surface area contributed by atoms with Gasteiger partial charge in [-0.1, -0.05) is 57.7 Å². The summed E-state index contributed by atoms with van der Waals surface area (Å²) in [6.07, 6.45) is 5.09. The fourth-order valence-corrected chi connectivity index (χ4v) is 4.63. The lowest BCUT2D eigenvalue weighted by Crippen LogP contribution is -2.43. The normalized spacial score (nSPS) is 32.1. The molecule has 2 bridgehead atoms. The molecule has 0 aliphatic heterocycles. The summed E-state index contributed by atoms with van der Waals surface area (Å²) in [5.74, 6) is 0.0441. The van der Waals surface area contributed by atoms with E-state index in [1.807, 2.05) is 36.4 Å². The van der Waals surface area contributed by atoms with E-state index in [0.29, 0.717) is 6.54 Å². The topological polar surface area (TPSA) is 46.2 Å². The van der Waals surface area contributed by atoms with Crippen LogP contribution in [-0.2, 0) is 9.59 Å². The van der Waals surface area contributed by atoms with Crippen molar-refractivity contribution in [1.29, 1.82) is 0 Å². The number of amides is 1. The quantitative estimate of drug-likeness (QED) is 0.857. The molecule has 3 heteroatoms. The molecule has 2 saturated carbocycles. The average molecular weight is 323 g/mol. The molecule has 0 heterocycles. The van der Waals surface area contributed by atoms with Crippen molar-refractivity contribution in [3.05, 3.63) is 54.1 Å². The minimum absolute atomic E-state index is 0.188. The van der Waals surface area contributed by atoms with Gasteiger partial charge in [0.2, 0.25) is 5.91 Å². The summed E-state index contributed by atoms with van der Waals surface area (Å²) in [7, 11) is 0. The van der Waals surface area contributed by atoms with Crippen LogP contribution in [0.25, 0.3) is 6.08 Å². The van der Waals surface area contributed by atoms with Gasteiger partial charge in [0.1, 0.15) is 0 Å². The fraction of sp³-hybridized carbons (Fsp3) is 0.429. The van der Waals surface area contributed by atoms with Gasteiger partial charge < -0.3 is 5.32 Å². The number of rotatable bonds is 4. The Hall–Kier alpha value is -2.16. The lowest BCUT2D eigenvalue weighted by atomic mass is 9.64. The van der Waals surface area contributed by atoms with Crippen molar-refractivity contribution in [3.8, 4) is 0 Å². The Morgan fingerprint density at radius 3 is 2.50 bits per heavy atom. The standard InChI is InChI=1S/C21H25NO2/c1-5-17(23)22-14-21-12-11-20(4,19(21,2)3)18(24)16(21)13-15-9-7-6-8-10-15/h5-10,13H,1,11-12,14H2,2-4H3,(H,22,23). The number of hydrogen-bond acceptors (Lipinski definition) is 2. The molecule has 2 aliphatic rings. The van der Waals surface area contributed by atoms with Crippen molar-refractivity contribution in [3.63, 3.8) is 0 Å². The summed E-state index contributed by atoms with van der Waals surface area (Å²) in [5, 5.41) is 2.95. The summed E-state index contributed by atoms with van der Waals surface area (Å²) in [6.45, 7) is 10.4. The molecule has 1 aromatic carbocycles. The van der Waals surface area contributed by atoms with Gasteiger partial charge in [0.15, 0.2) is 5.78 Å². The van der Waals surface area contributed by atoms with E-state index in [2.05, 4.69) is 32.7 Å². The molecule has 0 saturated heterocycles. The Kier molecular flexibility index (Phi) is 3.78. The van der Waals surface area contributed by atoms with Gasteiger partial charge in [-0.25, -0.2) is 0 Å². The summed E-state index contributed by atoms with van der Waals surface area (Å²) < 4.78 is 0. The predicted molar refractivity (Wildman–Crippen MR) is 96.2 cm³/mol. The van der Waals surface area contributed by atoms with E-state index in [-0.39, 0.29) is 27.9 Å². The molecule has 0 radical (unpaired) electrons. The maximum Gasteiger partial charge on any atom is 0.243 e. The molecule has 0 aromatic heterocycles. The number of Topliss-reactive ketones (excluding diaryl/α,β-unsaturated/α-hetero) is 1. The van der Waals surface area contributed by atoms with Crippen LogP contribution in [0.1, 0.15) is 39.2 Å². The Morgan fingerprint density at radius 2 is 1.88 bits per heavy atom. The van der Waals surface area contributed by atoms with Crippen LogP contribution in [0.15, 0.2) is 48.6 Å². The SMILES string of the molecule is C=CC(=O)NCC12CCC(C)(C(=O)C1=Cc1ccccc1)C2(C)C. The molecule has 3 rings (SSSR count). The Bertz CT molecular complexity index is 731. The second-order valence-corrected chi connectivity index (χ2v) is 7.76. The molecule has 2 atom stereocenters. The maximum absolute atomic E-state index is 13.2. The summed E-state index contributed by atoms with van der Waals surface area (Å²) >= 11 is 0. The molecule has 0 spiro atoms. The second-order valence-electron chi connectivity index (χ2n) is 7.76. The molecule has 24 heavy (non-hydrogen) atoms. The largest absolute Gasteiger partial charge is 0.352 e. The van der Waals surface area contributed by atoms with Crippen LogP contribution in [-0.4, -0.2) is 18.2 Å². The van der Waals surface area contributed by atoms with Crippen LogP contribution in [0.4, 0.5) is 0 Å². The summed E-state index contributed by atoms with van der Waals surface area (Å²) in [5.41, 5.74) is 0.991. The monoisotopic (exact) mass is 323 g/mol. The van der Waals surface area contributed by atoms with Crippen LogP contribution in [0, 0.1) is 16.2 Å². The minimum Gasteiger partial charge on any atom is -0.352 e. The van der Waals surface area contributed by atoms with Gasteiger partial charge in [0.05, 0.1) is 0 Å². The first-order valence-corrected chi connectivity index (χ1v) is 8.51. The van der Waals surface area contributed by atoms with Crippen LogP contribution >= 0.6 is 0 Å². The molecule has 2 aliphatic carbocycles. The number of carbonyl (C=O) groups is 2. The van der Waals surface area contributed by atoms with E-state index < -0.39 is 0 Å². The van der Waals surface area contributed by atoms with Crippen LogP contribution in [0.2, 0.25) is 0 Å². The lowest BCUT2D eigenvalue weighted by Gasteiger charge is -2.40. The highest BCUT2D eigenvalue weighted by Crippen LogP contribution is 2.72. The zero-order valence-electron chi connectivity index (χ0n) is 14.7. The van der Waals surface area contributed by atoms with Gasteiger partial charge in [0, 0.05) is 22.9 Å². The highest BCUT2D eigenvalue weighted by atomic mass is 16.1. The van der Waals surface area contributed by atoms with Gasteiger partial charge in [-0.05, 0) is 36.0 Å². The molecule has 1 aromatic rings. The third-order valence-electron chi connectivity index (χ3n) is 6.75. The third kappa shape index (κ3) is 2.03. The second kappa shape index (κ2) is 5.44. The fourth-order valence-electron chi connectivity index (χ4n) is 4.63. The van der Waals surface area contributed by atoms with Crippen molar-refractivity contribution >= 4 is 17.8 Å². The van der Waals surface area contributed by atoms with Crippen molar-refractivity contribution < 1.29 is 9.59 Å². The average Bonchev–Trinajstić information content (AvgIpc) is 2.84. The van der Waals surface area contributed by atoms with E-state index in [4.69, 9.17) is 0 Å². The first-order chi connectivity index (χ1) is 11.3. The van der Waals surface area contributed by atoms with Crippen molar-refractivity contribution in [2.24, 2.45) is 16.2 Å². The number of benzene rings is 1. The Labute approximate surface area is 143 Å². The Morgan fingerprint density at radius 1 is 1.21 bits per heavy atom. The number of nitrogens with one attached hydrogen (secondary N) is 1. The molecule has 2 fully saturated rings. The molecule has 2 unspecified atom stereocenters. The lowest BCUT2D eigenvalue weighted by molar-refractivity contribution is -0.125. The Balaban J connectivity index is 2.09. The first kappa shape index (κ1) is 16.7. The van der Waals surface area contributed by atoms with Crippen LogP contribution < -0.4 is 5.32 Å². The minimum atomic E-state index is -0.369. The van der Waals surface area contributed by atoms with Gasteiger partial charge in [-0.15, -0.1) is 0 Å². The van der Waals surface area contributed by atoms with E-state index >= 15 is 0 Å². The van der Waals surface area contributed by atoms with Gasteiger partial charge in [-0.3, -0.25) is 9.59 Å². The smallest absolute Gasteiger partial charge is 0.243 e. The highest BCUT2D eigenvalue weighted by Gasteiger charge is 2.71. The molecular formula is C21H25NO2. The summed E-state index contributed by atoms with van der Waals surface area (Å²) in [4.78, 5) is 25.0. The summed E-state index contributed by atoms with van der Waals surface area (Å²) in [6, 6.07) is 9.94. The van der Waals surface area contributed by atoms with E-state index in [0.717, 1.165) is 24.0 Å². The van der Waals surface area contributed by atoms with E-state index in [1.54, 1.807) is 0 Å². The number of hydrogen-bond donors (Lipinski definition) is 1. The number of carbonyl (C=O) groups excluding carboxylic acids is 2. The van der Waals surface area contributed by atoms with Crippen LogP contribution in [0.3, 0.4) is 0 Å². The maximum atomic E-state index is 13.2. The molecular weight excluding hydrogens is 298 g/mol. The van der Waals surface area contributed by atoms with Crippen molar-refractivity contribution in [2.45, 2.75) is 33.6 Å². The van der Waals surface area contributed by atoms with Crippen molar-refractivity contribution in [1.82, 2.24) is 5.32 Å². The molecule has 1 N–H and O–H groups in total. The zero-order chi connectivity index (χ0) is 17.6. The zero-order valence-corrected chi connectivity index (χ0v) is 14.7. The van der Waals surface area contributed by atoms with E-state index in [1.165, 1.54) is 6.08 Å². The van der Waals surface area contributed by atoms with Gasteiger partial charge >= 0.3 is 0 Å². The highest BCUT2D eigenvalue weighted by molar-refractivity contribution is 6.09. The van der Waals surface area contributed by atoms with E-state index in [9.17, 15) is 9.59 Å². The first-order valence-electron chi connectivity index (χ1n) is 8.51. The third-order valence-corrected chi connectivity index (χ3v) is 6.75. The number of ketones is 1. The number of fused-ring (bicyclic) bond motifs is 2. The van der Waals surface area contributed by atoms with Crippen molar-refractivity contribution in [2.75, 3.05) is 6.54 Å². The molecule has 1 amide bonds. The molecule has 3 nitrogen and oxygen atoms in total. The van der Waals surface area contributed by atoms with Gasteiger partial charge in [0.25, 0.3) is 0 Å².